The molecule has 3 N–H and O–H groups in total. The molecule has 1 amide bonds. The number of nitrogens with two attached hydrogens (primary N) is 1. The molecule has 7 nitrogen and oxygen atoms in total. The zero-order valence-electron chi connectivity index (χ0n) is 17.0. The summed E-state index contributed by atoms with van der Waals surface area (Å²) in [4.78, 5) is 16.8. The van der Waals surface area contributed by atoms with Gasteiger partial charge in [0.2, 0.25) is 17.5 Å². The molecule has 0 unspecified atom stereocenters. The lowest BCUT2D eigenvalue weighted by Crippen LogP contribution is -2.45. The quantitative estimate of drug-likeness (QED) is 0.650. The van der Waals surface area contributed by atoms with Gasteiger partial charge in [0.1, 0.15) is 0 Å². The van der Waals surface area contributed by atoms with Crippen molar-refractivity contribution in [2.45, 2.75) is 33.2 Å². The number of aromatic nitrogens is 1. The van der Waals surface area contributed by atoms with E-state index in [1.54, 1.807) is 38.6 Å². The Morgan fingerprint density at radius 3 is 2.21 bits per heavy atom. The second kappa shape index (κ2) is 9.94. The molecule has 152 valence electrons. The van der Waals surface area contributed by atoms with Gasteiger partial charge in [-0.05, 0) is 30.5 Å². The van der Waals surface area contributed by atoms with Crippen LogP contribution >= 0.6 is 0 Å². The zero-order valence-corrected chi connectivity index (χ0v) is 17.0. The van der Waals surface area contributed by atoms with Gasteiger partial charge in [0.05, 0.1) is 19.6 Å². The second-order valence-electron chi connectivity index (χ2n) is 6.47. The summed E-state index contributed by atoms with van der Waals surface area (Å²) in [5, 5.41) is 2.96. The van der Waals surface area contributed by atoms with E-state index in [1.165, 1.54) is 0 Å². The Bertz CT molecular complexity index is 743. The first-order chi connectivity index (χ1) is 13.5. The molecule has 1 heterocycles. The van der Waals surface area contributed by atoms with Gasteiger partial charge in [0.25, 0.3) is 0 Å². The maximum atomic E-state index is 12.5. The summed E-state index contributed by atoms with van der Waals surface area (Å²) in [5.74, 6) is 1.93. The Balaban J connectivity index is 2.06. The van der Waals surface area contributed by atoms with E-state index >= 15 is 0 Å². The molecule has 7 heteroatoms. The maximum absolute atomic E-state index is 12.5. The predicted octanol–water partition coefficient (Wildman–Crippen LogP) is 3.27. The molecule has 2 aromatic rings. The summed E-state index contributed by atoms with van der Waals surface area (Å²) < 4.78 is 16.5. The SMILES string of the molecule is CCC(CC)(CN)C(=O)NCc1ccc(Oc2c(OC)cccc2OC)nc1. The van der Waals surface area contributed by atoms with Gasteiger partial charge in [-0.25, -0.2) is 4.98 Å². The summed E-state index contributed by atoms with van der Waals surface area (Å²) in [6, 6.07) is 8.98. The van der Waals surface area contributed by atoms with Gasteiger partial charge < -0.3 is 25.3 Å². The minimum atomic E-state index is -0.517. The van der Waals surface area contributed by atoms with Gasteiger partial charge >= 0.3 is 0 Å². The monoisotopic (exact) mass is 387 g/mol. The van der Waals surface area contributed by atoms with Gasteiger partial charge in [-0.15, -0.1) is 0 Å². The van der Waals surface area contributed by atoms with Crippen molar-refractivity contribution in [3.8, 4) is 23.1 Å². The van der Waals surface area contributed by atoms with Crippen molar-refractivity contribution >= 4 is 5.91 Å². The summed E-state index contributed by atoms with van der Waals surface area (Å²) >= 11 is 0. The largest absolute Gasteiger partial charge is 0.493 e. The summed E-state index contributed by atoms with van der Waals surface area (Å²) in [5.41, 5.74) is 6.18. The fourth-order valence-electron chi connectivity index (χ4n) is 2.92. The Morgan fingerprint density at radius 2 is 1.75 bits per heavy atom. The second-order valence-corrected chi connectivity index (χ2v) is 6.47. The van der Waals surface area contributed by atoms with E-state index in [1.807, 2.05) is 26.0 Å². The fraction of sp³-hybridized carbons (Fsp3) is 0.429. The van der Waals surface area contributed by atoms with Gasteiger partial charge in [0, 0.05) is 25.4 Å². The Morgan fingerprint density at radius 1 is 1.11 bits per heavy atom. The van der Waals surface area contributed by atoms with E-state index in [0.717, 1.165) is 5.56 Å². The number of nitrogens with one attached hydrogen (secondary N) is 1. The summed E-state index contributed by atoms with van der Waals surface area (Å²) in [6.07, 6.45) is 3.08. The number of benzene rings is 1. The number of ether oxygens (including phenoxy) is 3. The zero-order chi connectivity index (χ0) is 20.6. The van der Waals surface area contributed by atoms with Crippen molar-refractivity contribution in [3.05, 3.63) is 42.1 Å². The fourth-order valence-corrected chi connectivity index (χ4v) is 2.92. The first-order valence-corrected chi connectivity index (χ1v) is 9.35. The van der Waals surface area contributed by atoms with Crippen LogP contribution in [0, 0.1) is 5.41 Å². The van der Waals surface area contributed by atoms with Gasteiger partial charge in [-0.2, -0.15) is 0 Å². The predicted molar refractivity (Wildman–Crippen MR) is 108 cm³/mol. The maximum Gasteiger partial charge on any atom is 0.227 e. The van der Waals surface area contributed by atoms with Crippen LogP contribution < -0.4 is 25.3 Å². The highest BCUT2D eigenvalue weighted by molar-refractivity contribution is 5.82. The third-order valence-corrected chi connectivity index (χ3v) is 5.07. The highest BCUT2D eigenvalue weighted by atomic mass is 16.5. The van der Waals surface area contributed by atoms with E-state index in [9.17, 15) is 4.79 Å². The number of pyridine rings is 1. The molecule has 0 aliphatic rings. The third-order valence-electron chi connectivity index (χ3n) is 5.07. The number of hydrogen-bond donors (Lipinski definition) is 2. The van der Waals surface area contributed by atoms with E-state index in [4.69, 9.17) is 19.9 Å². The molecule has 1 aromatic heterocycles. The number of nitrogens with zero attached hydrogens (tertiary/aromatic N) is 1. The van der Waals surface area contributed by atoms with Crippen LogP contribution in [-0.4, -0.2) is 31.7 Å². The average molecular weight is 387 g/mol. The van der Waals surface area contributed by atoms with Gasteiger partial charge in [0.15, 0.2) is 11.5 Å². The van der Waals surface area contributed by atoms with Gasteiger partial charge in [-0.3, -0.25) is 4.79 Å². The van der Waals surface area contributed by atoms with Crippen molar-refractivity contribution in [3.63, 3.8) is 0 Å². The van der Waals surface area contributed by atoms with Crippen LogP contribution in [0.2, 0.25) is 0 Å². The van der Waals surface area contributed by atoms with Gasteiger partial charge in [-0.1, -0.05) is 26.0 Å². The van der Waals surface area contributed by atoms with Crippen LogP contribution in [0.15, 0.2) is 36.5 Å². The van der Waals surface area contributed by atoms with Crippen LogP contribution in [0.4, 0.5) is 0 Å². The number of amides is 1. The third kappa shape index (κ3) is 4.72. The van der Waals surface area contributed by atoms with E-state index in [0.29, 0.717) is 49.1 Å². The molecule has 28 heavy (non-hydrogen) atoms. The molecule has 1 aromatic carbocycles. The first-order valence-electron chi connectivity index (χ1n) is 9.35. The minimum Gasteiger partial charge on any atom is -0.493 e. The van der Waals surface area contributed by atoms with Crippen molar-refractivity contribution in [1.82, 2.24) is 10.3 Å². The van der Waals surface area contributed by atoms with Crippen molar-refractivity contribution in [2.75, 3.05) is 20.8 Å². The number of hydrogen-bond acceptors (Lipinski definition) is 6. The molecule has 0 fully saturated rings. The van der Waals surface area contributed by atoms with Crippen LogP contribution in [0.1, 0.15) is 32.3 Å². The molecule has 0 bridgehead atoms. The minimum absolute atomic E-state index is 0.0286. The molecule has 0 saturated carbocycles. The number of methoxy groups -OCH3 is 2. The summed E-state index contributed by atoms with van der Waals surface area (Å²) in [7, 11) is 3.13. The molecule has 0 aliphatic carbocycles. The lowest BCUT2D eigenvalue weighted by Gasteiger charge is -2.28. The standard InChI is InChI=1S/C21H29N3O4/c1-5-21(6-2,14-22)20(25)24-13-15-10-11-18(23-12-15)28-19-16(26-3)8-7-9-17(19)27-4/h7-12H,5-6,13-14,22H2,1-4H3,(H,24,25). The highest BCUT2D eigenvalue weighted by Crippen LogP contribution is 2.39. The topological polar surface area (TPSA) is 95.7 Å². The Labute approximate surface area is 166 Å². The van der Waals surface area contributed by atoms with E-state index in [-0.39, 0.29) is 5.91 Å². The lowest BCUT2D eigenvalue weighted by atomic mass is 9.81. The van der Waals surface area contributed by atoms with Crippen molar-refractivity contribution in [2.24, 2.45) is 11.1 Å². The average Bonchev–Trinajstić information content (AvgIpc) is 2.75. The molecule has 0 aliphatic heterocycles. The normalized spacial score (nSPS) is 11.0. The number of carbonyl (C=O) groups excluding carboxylic acids is 1. The summed E-state index contributed by atoms with van der Waals surface area (Å²) in [6.45, 7) is 4.68. The Hall–Kier alpha value is -2.80. The molecule has 2 rings (SSSR count). The van der Waals surface area contributed by atoms with Crippen molar-refractivity contribution < 1.29 is 19.0 Å². The van der Waals surface area contributed by atoms with Crippen LogP contribution in [-0.2, 0) is 11.3 Å². The molecule has 0 saturated heterocycles. The number of rotatable bonds is 10. The molecular weight excluding hydrogens is 358 g/mol. The van der Waals surface area contributed by atoms with E-state index < -0.39 is 5.41 Å². The highest BCUT2D eigenvalue weighted by Gasteiger charge is 2.32. The van der Waals surface area contributed by atoms with Crippen LogP contribution in [0.3, 0.4) is 0 Å². The van der Waals surface area contributed by atoms with E-state index in [2.05, 4.69) is 10.3 Å². The lowest BCUT2D eigenvalue weighted by molar-refractivity contribution is -0.131. The number of para-hydroxylation sites is 1. The molecular formula is C21H29N3O4. The Kier molecular flexibility index (Phi) is 7.63. The van der Waals surface area contributed by atoms with Crippen LogP contribution in [0.5, 0.6) is 23.1 Å². The van der Waals surface area contributed by atoms with Crippen LogP contribution in [0.25, 0.3) is 0 Å². The number of carbonyl (C=O) groups is 1. The molecule has 0 spiro atoms. The molecule has 0 atom stereocenters. The van der Waals surface area contributed by atoms with Crippen molar-refractivity contribution in [1.29, 1.82) is 0 Å². The first kappa shape index (κ1) is 21.5. The smallest absolute Gasteiger partial charge is 0.227 e. The molecule has 0 radical (unpaired) electrons.